The van der Waals surface area contributed by atoms with Crippen molar-refractivity contribution in [2.24, 2.45) is 0 Å². The van der Waals surface area contributed by atoms with Crippen molar-refractivity contribution in [1.82, 2.24) is 19.9 Å². The fraction of sp³-hybridized carbons (Fsp3) is 0.267. The van der Waals surface area contributed by atoms with Gasteiger partial charge in [0.15, 0.2) is 0 Å². The van der Waals surface area contributed by atoms with Gasteiger partial charge in [-0.1, -0.05) is 29.8 Å². The summed E-state index contributed by atoms with van der Waals surface area (Å²) in [5, 5.41) is 13.3. The molecule has 1 fully saturated rings. The maximum absolute atomic E-state index is 10.6. The van der Waals surface area contributed by atoms with Crippen molar-refractivity contribution in [3.8, 4) is 5.75 Å². The Morgan fingerprint density at radius 3 is 2.56 bits per heavy atom. The monoisotopic (exact) mass is 629 g/mol. The lowest BCUT2D eigenvalue weighted by Crippen LogP contribution is -2.21. The van der Waals surface area contributed by atoms with Crippen molar-refractivity contribution in [2.45, 2.75) is 32.0 Å². The van der Waals surface area contributed by atoms with E-state index < -0.39 is 12.1 Å². The molecule has 0 bridgehead atoms. The number of nitrogens with zero attached hydrogens (tertiary/aromatic N) is 4. The predicted molar refractivity (Wildman–Crippen MR) is 161 cm³/mol. The van der Waals surface area contributed by atoms with Gasteiger partial charge in [0.1, 0.15) is 29.3 Å². The topological polar surface area (TPSA) is 100 Å². The van der Waals surface area contributed by atoms with E-state index in [1.54, 1.807) is 23.9 Å². The van der Waals surface area contributed by atoms with Gasteiger partial charge in [0.25, 0.3) is 0 Å². The minimum atomic E-state index is -5.08. The van der Waals surface area contributed by atoms with E-state index in [1.807, 2.05) is 36.4 Å². The zero-order valence-corrected chi connectivity index (χ0v) is 24.3. The molecule has 6 rings (SSSR count). The summed E-state index contributed by atoms with van der Waals surface area (Å²) in [6.07, 6.45) is 2.01. The number of hydrogen-bond acceptors (Lipinski definition) is 8. The quantitative estimate of drug-likeness (QED) is 0.182. The van der Waals surface area contributed by atoms with Crippen LogP contribution < -0.4 is 10.1 Å². The highest BCUT2D eigenvalue weighted by atomic mass is 35.5. The standard InChI is InChI=1S/C28H26ClN5OS.C2HF3O2/c29-23-16-20(7-9-24(23)35-17-21-5-1-2-11-30-21)33-27-26-22-8-6-19(10-14-34-12-3-4-13-34)15-25(22)36-28(26)32-18-31-27;3-2(4,5)1(6)7/h1-2,5-9,11,15-16,18H,3-4,10,12-14,17H2,(H,31,32,33);(H,6,7). The van der Waals surface area contributed by atoms with E-state index in [-0.39, 0.29) is 0 Å². The summed E-state index contributed by atoms with van der Waals surface area (Å²) in [5.74, 6) is -1.37. The molecule has 1 aliphatic heterocycles. The van der Waals surface area contributed by atoms with Crippen LogP contribution in [0, 0.1) is 0 Å². The Morgan fingerprint density at radius 1 is 1.07 bits per heavy atom. The van der Waals surface area contributed by atoms with E-state index in [0.29, 0.717) is 17.4 Å². The van der Waals surface area contributed by atoms with Crippen LogP contribution in [0.15, 0.2) is 67.1 Å². The largest absolute Gasteiger partial charge is 0.490 e. The van der Waals surface area contributed by atoms with Gasteiger partial charge in [0.05, 0.1) is 16.1 Å². The van der Waals surface area contributed by atoms with E-state index in [2.05, 4.69) is 43.4 Å². The molecule has 0 amide bonds. The van der Waals surface area contributed by atoms with Crippen LogP contribution in [0.3, 0.4) is 0 Å². The number of thiophene rings is 1. The molecule has 0 unspecified atom stereocenters. The number of alkyl halides is 3. The van der Waals surface area contributed by atoms with Crippen molar-refractivity contribution >= 4 is 60.7 Å². The molecular weight excluding hydrogens is 603 g/mol. The first-order valence-electron chi connectivity index (χ1n) is 13.5. The summed E-state index contributed by atoms with van der Waals surface area (Å²) in [5.41, 5.74) is 3.06. The zero-order valence-electron chi connectivity index (χ0n) is 22.8. The van der Waals surface area contributed by atoms with Gasteiger partial charge in [-0.3, -0.25) is 4.98 Å². The van der Waals surface area contributed by atoms with Gasteiger partial charge in [0.2, 0.25) is 0 Å². The Morgan fingerprint density at radius 2 is 1.86 bits per heavy atom. The number of carbonyl (C=O) groups is 1. The number of halogens is 4. The van der Waals surface area contributed by atoms with Gasteiger partial charge in [-0.2, -0.15) is 13.2 Å². The molecule has 4 heterocycles. The predicted octanol–water partition coefficient (Wildman–Crippen LogP) is 7.49. The Labute approximate surface area is 254 Å². The lowest BCUT2D eigenvalue weighted by molar-refractivity contribution is -0.192. The van der Waals surface area contributed by atoms with Crippen LogP contribution in [0.5, 0.6) is 5.75 Å². The smallest absolute Gasteiger partial charge is 0.486 e. The van der Waals surface area contributed by atoms with E-state index in [0.717, 1.165) is 40.4 Å². The number of benzene rings is 2. The first-order chi connectivity index (χ1) is 20.7. The van der Waals surface area contributed by atoms with Crippen molar-refractivity contribution in [1.29, 1.82) is 0 Å². The van der Waals surface area contributed by atoms with E-state index >= 15 is 0 Å². The second-order valence-electron chi connectivity index (χ2n) is 9.82. The fourth-order valence-electron chi connectivity index (χ4n) is 4.66. The number of carboxylic acid groups (broad SMARTS) is 1. The molecule has 2 aromatic carbocycles. The van der Waals surface area contributed by atoms with Crippen LogP contribution >= 0.6 is 22.9 Å². The van der Waals surface area contributed by atoms with Gasteiger partial charge < -0.3 is 20.1 Å². The molecule has 0 radical (unpaired) electrons. The summed E-state index contributed by atoms with van der Waals surface area (Å²) >= 11 is 8.24. The van der Waals surface area contributed by atoms with Crippen molar-refractivity contribution in [3.05, 3.63) is 83.4 Å². The normalized spacial score (nSPS) is 13.6. The number of aliphatic carboxylic acids is 1. The Bertz CT molecular complexity index is 1710. The molecule has 1 aliphatic rings. The summed E-state index contributed by atoms with van der Waals surface area (Å²) in [4.78, 5) is 25.8. The van der Waals surface area contributed by atoms with Crippen molar-refractivity contribution in [2.75, 3.05) is 25.0 Å². The summed E-state index contributed by atoms with van der Waals surface area (Å²) < 4.78 is 38.8. The molecule has 2 N–H and O–H groups in total. The van der Waals surface area contributed by atoms with Crippen LogP contribution in [0.2, 0.25) is 5.02 Å². The number of pyridine rings is 1. The average molecular weight is 630 g/mol. The van der Waals surface area contributed by atoms with Crippen LogP contribution in [-0.4, -0.2) is 56.7 Å². The molecule has 0 atom stereocenters. The number of anilines is 2. The van der Waals surface area contributed by atoms with E-state index in [1.165, 1.54) is 41.6 Å². The van der Waals surface area contributed by atoms with Crippen molar-refractivity contribution in [3.63, 3.8) is 0 Å². The molecule has 8 nitrogen and oxygen atoms in total. The molecule has 13 heteroatoms. The minimum absolute atomic E-state index is 0.362. The second kappa shape index (κ2) is 13.5. The second-order valence-corrected chi connectivity index (χ2v) is 11.3. The van der Waals surface area contributed by atoms with Gasteiger partial charge in [-0.15, -0.1) is 11.3 Å². The molecule has 0 saturated carbocycles. The molecule has 1 saturated heterocycles. The van der Waals surface area contributed by atoms with Gasteiger partial charge in [-0.05, 0) is 74.3 Å². The zero-order chi connectivity index (χ0) is 30.4. The third-order valence-electron chi connectivity index (χ3n) is 6.79. The molecule has 5 aromatic rings. The number of fused-ring (bicyclic) bond motifs is 3. The molecule has 3 aromatic heterocycles. The lowest BCUT2D eigenvalue weighted by atomic mass is 10.1. The summed E-state index contributed by atoms with van der Waals surface area (Å²) in [6.45, 7) is 3.96. The SMILES string of the molecule is Clc1cc(Nc2ncnc3sc4cc(CCN5CCCC5)ccc4c23)ccc1OCc1ccccn1.O=C(O)C(F)(F)F. The lowest BCUT2D eigenvalue weighted by Gasteiger charge is -2.14. The summed E-state index contributed by atoms with van der Waals surface area (Å²) in [6, 6.07) is 18.2. The van der Waals surface area contributed by atoms with Crippen LogP contribution in [0.25, 0.3) is 20.3 Å². The van der Waals surface area contributed by atoms with E-state index in [4.69, 9.17) is 26.2 Å². The van der Waals surface area contributed by atoms with Crippen LogP contribution in [-0.2, 0) is 17.8 Å². The molecule has 0 spiro atoms. The van der Waals surface area contributed by atoms with Crippen LogP contribution in [0.4, 0.5) is 24.7 Å². The number of rotatable bonds is 8. The number of carboxylic acids is 1. The Hall–Kier alpha value is -4.00. The van der Waals surface area contributed by atoms with Gasteiger partial charge in [0, 0.05) is 28.5 Å². The maximum Gasteiger partial charge on any atom is 0.490 e. The van der Waals surface area contributed by atoms with Gasteiger partial charge in [-0.25, -0.2) is 14.8 Å². The molecule has 43 heavy (non-hydrogen) atoms. The minimum Gasteiger partial charge on any atom is -0.486 e. The maximum atomic E-state index is 10.6. The van der Waals surface area contributed by atoms with Gasteiger partial charge >= 0.3 is 12.1 Å². The highest BCUT2D eigenvalue weighted by molar-refractivity contribution is 7.25. The third-order valence-corrected chi connectivity index (χ3v) is 8.14. The third kappa shape index (κ3) is 7.89. The Kier molecular flexibility index (Phi) is 9.59. The Balaban J connectivity index is 0.000000472. The van der Waals surface area contributed by atoms with Crippen molar-refractivity contribution < 1.29 is 27.8 Å². The molecule has 0 aliphatic carbocycles. The number of likely N-dealkylation sites (tertiary alicyclic amines) is 1. The molecule has 224 valence electrons. The number of nitrogens with one attached hydrogen (secondary N) is 1. The van der Waals surface area contributed by atoms with E-state index in [9.17, 15) is 13.2 Å². The first-order valence-corrected chi connectivity index (χ1v) is 14.6. The summed E-state index contributed by atoms with van der Waals surface area (Å²) in [7, 11) is 0. The molecular formula is C30H27ClF3N5O3S. The highest BCUT2D eigenvalue weighted by Crippen LogP contribution is 2.38. The average Bonchev–Trinajstić information content (AvgIpc) is 3.64. The fourth-order valence-corrected chi connectivity index (χ4v) is 6.01. The number of hydrogen-bond donors (Lipinski definition) is 2. The number of aromatic nitrogens is 3. The number of ether oxygens (including phenoxy) is 1. The first kappa shape index (κ1) is 30.5. The highest BCUT2D eigenvalue weighted by Gasteiger charge is 2.38. The van der Waals surface area contributed by atoms with Crippen LogP contribution in [0.1, 0.15) is 24.1 Å².